The van der Waals surface area contributed by atoms with Crippen LogP contribution in [0, 0.1) is 0 Å². The van der Waals surface area contributed by atoms with Crippen LogP contribution in [0.5, 0.6) is 0 Å². The van der Waals surface area contributed by atoms with Gasteiger partial charge in [-0.2, -0.15) is 0 Å². The highest BCUT2D eigenvalue weighted by atomic mass is 16.2. The number of hydrogen-bond donors (Lipinski definition) is 1. The lowest BCUT2D eigenvalue weighted by Crippen LogP contribution is -2.28. The van der Waals surface area contributed by atoms with Gasteiger partial charge in [0.25, 0.3) is 5.91 Å². The molecule has 0 aliphatic heterocycles. The molecule has 0 saturated heterocycles. The van der Waals surface area contributed by atoms with Gasteiger partial charge in [-0.15, -0.1) is 0 Å². The summed E-state index contributed by atoms with van der Waals surface area (Å²) in [6, 6.07) is 3.78. The molecule has 112 valence electrons. The first-order valence-electron chi connectivity index (χ1n) is 7.62. The molecule has 4 nitrogen and oxygen atoms in total. The summed E-state index contributed by atoms with van der Waals surface area (Å²) in [5.74, 6) is 0.878. The second kappa shape index (κ2) is 8.56. The minimum Gasteiger partial charge on any atom is -0.370 e. The minimum atomic E-state index is 0.0809. The van der Waals surface area contributed by atoms with Crippen molar-refractivity contribution in [1.82, 2.24) is 9.88 Å². The zero-order valence-electron chi connectivity index (χ0n) is 13.2. The Morgan fingerprint density at radius 2 is 2.00 bits per heavy atom. The van der Waals surface area contributed by atoms with Gasteiger partial charge in [-0.25, -0.2) is 4.98 Å². The van der Waals surface area contributed by atoms with Crippen molar-refractivity contribution in [2.45, 2.75) is 46.5 Å². The fourth-order valence-electron chi connectivity index (χ4n) is 2.08. The first-order valence-corrected chi connectivity index (χ1v) is 7.62. The minimum absolute atomic E-state index is 0.0809. The molecule has 0 spiro atoms. The molecular weight excluding hydrogens is 250 g/mol. The van der Waals surface area contributed by atoms with Gasteiger partial charge in [-0.1, -0.05) is 26.7 Å². The number of carbonyl (C=O) groups is 1. The summed E-state index contributed by atoms with van der Waals surface area (Å²) >= 11 is 0. The van der Waals surface area contributed by atoms with E-state index in [1.54, 1.807) is 4.90 Å². The number of unbranched alkanes of at least 4 members (excludes halogenated alkanes) is 1. The molecule has 0 radical (unpaired) electrons. The van der Waals surface area contributed by atoms with E-state index in [0.29, 0.717) is 0 Å². The van der Waals surface area contributed by atoms with Gasteiger partial charge in [0.2, 0.25) is 0 Å². The van der Waals surface area contributed by atoms with Gasteiger partial charge in [0.15, 0.2) is 0 Å². The molecule has 0 atom stereocenters. The number of amides is 1. The normalized spacial score (nSPS) is 10.4. The number of pyridine rings is 1. The summed E-state index contributed by atoms with van der Waals surface area (Å²) in [4.78, 5) is 18.8. The Kier molecular flexibility index (Phi) is 7.05. The zero-order chi connectivity index (χ0) is 15.0. The molecular formula is C16H27N3O. The number of anilines is 1. The number of nitrogens with zero attached hydrogens (tertiary/aromatic N) is 2. The van der Waals surface area contributed by atoms with Crippen molar-refractivity contribution >= 4 is 11.7 Å². The van der Waals surface area contributed by atoms with Crippen LogP contribution in [0.1, 0.15) is 56.1 Å². The van der Waals surface area contributed by atoms with Crippen LogP contribution >= 0.6 is 0 Å². The average molecular weight is 277 g/mol. The van der Waals surface area contributed by atoms with Gasteiger partial charge in [-0.05, 0) is 31.9 Å². The van der Waals surface area contributed by atoms with Gasteiger partial charge in [0, 0.05) is 31.4 Å². The van der Waals surface area contributed by atoms with Crippen molar-refractivity contribution in [3.05, 3.63) is 23.4 Å². The molecule has 0 fully saturated rings. The summed E-state index contributed by atoms with van der Waals surface area (Å²) in [5, 5.41) is 3.20. The molecule has 1 heterocycles. The van der Waals surface area contributed by atoms with Crippen molar-refractivity contribution < 1.29 is 4.79 Å². The van der Waals surface area contributed by atoms with Gasteiger partial charge >= 0.3 is 0 Å². The monoisotopic (exact) mass is 277 g/mol. The fraction of sp³-hybridized carbons (Fsp3) is 0.625. The van der Waals surface area contributed by atoms with Crippen LogP contribution < -0.4 is 5.32 Å². The predicted molar refractivity (Wildman–Crippen MR) is 84.3 cm³/mol. The molecule has 1 N–H and O–H groups in total. The number of aromatic nitrogens is 1. The Morgan fingerprint density at radius 3 is 2.60 bits per heavy atom. The first-order chi connectivity index (χ1) is 9.62. The van der Waals surface area contributed by atoms with Crippen molar-refractivity contribution in [2.24, 2.45) is 0 Å². The van der Waals surface area contributed by atoms with Crippen LogP contribution in [0.25, 0.3) is 0 Å². The SMILES string of the molecule is CCCCN(C)C(=O)c1cc(CCC)nc(NCC)c1. The molecule has 1 amide bonds. The molecule has 0 aliphatic carbocycles. The largest absolute Gasteiger partial charge is 0.370 e. The third-order valence-corrected chi connectivity index (χ3v) is 3.18. The maximum Gasteiger partial charge on any atom is 0.253 e. The number of nitrogens with one attached hydrogen (secondary N) is 1. The van der Waals surface area contributed by atoms with Crippen LogP contribution in [0.3, 0.4) is 0 Å². The molecule has 0 unspecified atom stereocenters. The molecule has 1 rings (SSSR count). The van der Waals surface area contributed by atoms with Gasteiger partial charge in [0.05, 0.1) is 0 Å². The third kappa shape index (κ3) is 4.83. The maximum absolute atomic E-state index is 12.4. The molecule has 0 bridgehead atoms. The number of carbonyl (C=O) groups excluding carboxylic acids is 1. The molecule has 0 saturated carbocycles. The van der Waals surface area contributed by atoms with Crippen LogP contribution in [0.15, 0.2) is 12.1 Å². The van der Waals surface area contributed by atoms with Gasteiger partial charge in [-0.3, -0.25) is 4.79 Å². The Balaban J connectivity index is 2.93. The van der Waals surface area contributed by atoms with E-state index in [4.69, 9.17) is 0 Å². The summed E-state index contributed by atoms with van der Waals surface area (Å²) in [6.07, 6.45) is 4.06. The topological polar surface area (TPSA) is 45.2 Å². The number of hydrogen-bond acceptors (Lipinski definition) is 3. The second-order valence-corrected chi connectivity index (χ2v) is 5.09. The highest BCUT2D eigenvalue weighted by Crippen LogP contribution is 2.14. The van der Waals surface area contributed by atoms with E-state index in [0.717, 1.165) is 55.8 Å². The molecule has 1 aromatic heterocycles. The van der Waals surface area contributed by atoms with Crippen molar-refractivity contribution in [2.75, 3.05) is 25.5 Å². The molecule has 1 aromatic rings. The molecule has 0 aliphatic rings. The standard InChI is InChI=1S/C16H27N3O/c1-5-8-10-19(4)16(20)13-11-14(9-6-2)18-15(12-13)17-7-3/h11-12H,5-10H2,1-4H3,(H,17,18). The quantitative estimate of drug-likeness (QED) is 0.792. The average Bonchev–Trinajstić information content (AvgIpc) is 2.44. The lowest BCUT2D eigenvalue weighted by Gasteiger charge is -2.18. The summed E-state index contributed by atoms with van der Waals surface area (Å²) < 4.78 is 0. The van der Waals surface area contributed by atoms with E-state index in [1.807, 2.05) is 26.1 Å². The lowest BCUT2D eigenvalue weighted by atomic mass is 10.1. The van der Waals surface area contributed by atoms with E-state index in [1.165, 1.54) is 0 Å². The van der Waals surface area contributed by atoms with Crippen LogP contribution in [-0.2, 0) is 6.42 Å². The number of rotatable bonds is 8. The van der Waals surface area contributed by atoms with Crippen molar-refractivity contribution in [3.8, 4) is 0 Å². The van der Waals surface area contributed by atoms with E-state index >= 15 is 0 Å². The molecule has 4 heteroatoms. The zero-order valence-corrected chi connectivity index (χ0v) is 13.2. The Bertz CT molecular complexity index is 407. The van der Waals surface area contributed by atoms with Gasteiger partial charge < -0.3 is 10.2 Å². The lowest BCUT2D eigenvalue weighted by molar-refractivity contribution is 0.0793. The highest BCUT2D eigenvalue weighted by molar-refractivity contribution is 5.94. The van der Waals surface area contributed by atoms with Crippen molar-refractivity contribution in [1.29, 1.82) is 0 Å². The predicted octanol–water partition coefficient (Wildman–Crippen LogP) is 3.34. The summed E-state index contributed by atoms with van der Waals surface area (Å²) in [6.45, 7) is 7.89. The Hall–Kier alpha value is -1.58. The Morgan fingerprint density at radius 1 is 1.25 bits per heavy atom. The second-order valence-electron chi connectivity index (χ2n) is 5.09. The van der Waals surface area contributed by atoms with Crippen molar-refractivity contribution in [3.63, 3.8) is 0 Å². The summed E-state index contributed by atoms with van der Waals surface area (Å²) in [7, 11) is 1.87. The van der Waals surface area contributed by atoms with Gasteiger partial charge in [0.1, 0.15) is 5.82 Å². The van der Waals surface area contributed by atoms with Crippen LogP contribution in [-0.4, -0.2) is 35.9 Å². The summed E-state index contributed by atoms with van der Waals surface area (Å²) in [5.41, 5.74) is 1.72. The van der Waals surface area contributed by atoms with E-state index in [9.17, 15) is 4.79 Å². The van der Waals surface area contributed by atoms with E-state index < -0.39 is 0 Å². The van der Waals surface area contributed by atoms with E-state index in [2.05, 4.69) is 24.1 Å². The molecule has 0 aromatic carbocycles. The van der Waals surface area contributed by atoms with Crippen LogP contribution in [0.2, 0.25) is 0 Å². The Labute approximate surface area is 122 Å². The van der Waals surface area contributed by atoms with Crippen LogP contribution in [0.4, 0.5) is 5.82 Å². The first kappa shape index (κ1) is 16.5. The molecule has 20 heavy (non-hydrogen) atoms. The fourth-order valence-corrected chi connectivity index (χ4v) is 2.08. The third-order valence-electron chi connectivity index (χ3n) is 3.18. The maximum atomic E-state index is 12.4. The highest BCUT2D eigenvalue weighted by Gasteiger charge is 2.13. The smallest absolute Gasteiger partial charge is 0.253 e. The van der Waals surface area contributed by atoms with E-state index in [-0.39, 0.29) is 5.91 Å². The number of aryl methyl sites for hydroxylation is 1.